The molecule has 0 amide bonds. The molecule has 3 atom stereocenters. The van der Waals surface area contributed by atoms with Crippen molar-refractivity contribution in [1.82, 2.24) is 29.3 Å². The van der Waals surface area contributed by atoms with Crippen molar-refractivity contribution in [2.45, 2.75) is 51.5 Å². The van der Waals surface area contributed by atoms with Crippen molar-refractivity contribution in [2.24, 2.45) is 5.92 Å². The molecule has 2 N–H and O–H groups in total. The van der Waals surface area contributed by atoms with Crippen molar-refractivity contribution in [3.63, 3.8) is 0 Å². The van der Waals surface area contributed by atoms with Gasteiger partial charge in [-0.2, -0.15) is 0 Å². The summed E-state index contributed by atoms with van der Waals surface area (Å²) in [5.74, 6) is 3.36. The number of hydrogen-bond acceptors (Lipinski definition) is 5. The molecule has 128 valence electrons. The van der Waals surface area contributed by atoms with Gasteiger partial charge in [0.1, 0.15) is 5.82 Å². The third-order valence-corrected chi connectivity index (χ3v) is 6.19. The topological polar surface area (TPSA) is 70.9 Å². The van der Waals surface area contributed by atoms with Crippen LogP contribution in [0.1, 0.15) is 51.3 Å². The normalized spacial score (nSPS) is 24.3. The standard InChI is InChI=1S/C17H24N6S/c1-3-7-24-22-12-8-11(4-2)13(9-12)17-21-20-15-10-19-16-14(23(15)17)5-6-18-16/h5-6,10-13,18,22H,3-4,7-9H2,1-2H3. The summed E-state index contributed by atoms with van der Waals surface area (Å²) < 4.78 is 5.85. The summed E-state index contributed by atoms with van der Waals surface area (Å²) in [7, 11) is 0. The Labute approximate surface area is 146 Å². The van der Waals surface area contributed by atoms with Gasteiger partial charge in [0.15, 0.2) is 11.3 Å². The van der Waals surface area contributed by atoms with Crippen molar-refractivity contribution < 1.29 is 0 Å². The summed E-state index contributed by atoms with van der Waals surface area (Å²) in [5, 5.41) is 8.93. The minimum atomic E-state index is 0.449. The molecular formula is C17H24N6S. The Bertz CT molecular complexity index is 825. The average molecular weight is 344 g/mol. The van der Waals surface area contributed by atoms with Crippen molar-refractivity contribution in [1.29, 1.82) is 0 Å². The van der Waals surface area contributed by atoms with Crippen LogP contribution in [-0.4, -0.2) is 36.4 Å². The van der Waals surface area contributed by atoms with Crippen LogP contribution in [0.4, 0.5) is 0 Å². The van der Waals surface area contributed by atoms with E-state index < -0.39 is 0 Å². The van der Waals surface area contributed by atoms with Crippen LogP contribution in [0.25, 0.3) is 16.8 Å². The maximum atomic E-state index is 4.56. The Hall–Kier alpha value is -1.60. The number of aromatic amines is 1. The summed E-state index contributed by atoms with van der Waals surface area (Å²) in [6.07, 6.45) is 8.46. The fourth-order valence-corrected chi connectivity index (χ4v) is 4.66. The quantitative estimate of drug-likeness (QED) is 0.529. The van der Waals surface area contributed by atoms with E-state index in [9.17, 15) is 0 Å². The van der Waals surface area contributed by atoms with Gasteiger partial charge in [-0.3, -0.25) is 9.12 Å². The minimum Gasteiger partial charge on any atom is -0.345 e. The first-order valence-electron chi connectivity index (χ1n) is 8.86. The number of rotatable bonds is 6. The predicted molar refractivity (Wildman–Crippen MR) is 98.1 cm³/mol. The van der Waals surface area contributed by atoms with Crippen molar-refractivity contribution in [3.8, 4) is 0 Å². The zero-order valence-corrected chi connectivity index (χ0v) is 15.0. The lowest BCUT2D eigenvalue weighted by molar-refractivity contribution is 0.449. The Morgan fingerprint density at radius 1 is 1.33 bits per heavy atom. The number of H-pyrrole nitrogens is 1. The molecule has 7 heteroatoms. The number of nitrogens with one attached hydrogen (secondary N) is 2. The molecule has 1 aliphatic rings. The second-order valence-electron chi connectivity index (χ2n) is 6.63. The van der Waals surface area contributed by atoms with Crippen LogP contribution >= 0.6 is 11.9 Å². The number of nitrogens with zero attached hydrogens (tertiary/aromatic N) is 4. The van der Waals surface area contributed by atoms with Gasteiger partial charge in [-0.05, 0) is 31.2 Å². The van der Waals surface area contributed by atoms with E-state index in [4.69, 9.17) is 0 Å². The lowest BCUT2D eigenvalue weighted by Gasteiger charge is -2.16. The smallest absolute Gasteiger partial charge is 0.179 e. The molecule has 0 radical (unpaired) electrons. The summed E-state index contributed by atoms with van der Waals surface area (Å²) in [6.45, 7) is 4.51. The van der Waals surface area contributed by atoms with Crippen LogP contribution in [-0.2, 0) is 0 Å². The van der Waals surface area contributed by atoms with E-state index in [1.807, 2.05) is 18.1 Å². The monoisotopic (exact) mass is 344 g/mol. The van der Waals surface area contributed by atoms with Gasteiger partial charge in [-0.1, -0.05) is 32.2 Å². The van der Waals surface area contributed by atoms with E-state index in [0.717, 1.165) is 29.1 Å². The Balaban J connectivity index is 1.67. The summed E-state index contributed by atoms with van der Waals surface area (Å²) >= 11 is 1.86. The van der Waals surface area contributed by atoms with E-state index in [-0.39, 0.29) is 0 Å². The SMILES string of the molecule is CCCSNC1CC(CC)C(c2nnc3cnc4[nH]ccc4n23)C1. The first-order valence-corrected chi connectivity index (χ1v) is 9.84. The molecule has 3 unspecified atom stereocenters. The Morgan fingerprint density at radius 3 is 3.08 bits per heavy atom. The molecule has 3 aromatic rings. The third-order valence-electron chi connectivity index (χ3n) is 5.07. The van der Waals surface area contributed by atoms with Crippen LogP contribution in [0.15, 0.2) is 18.5 Å². The third kappa shape index (κ3) is 2.69. The number of fused-ring (bicyclic) bond motifs is 3. The number of aromatic nitrogens is 5. The summed E-state index contributed by atoms with van der Waals surface area (Å²) in [4.78, 5) is 7.60. The van der Waals surface area contributed by atoms with E-state index in [1.165, 1.54) is 25.0 Å². The van der Waals surface area contributed by atoms with Gasteiger partial charge in [0.25, 0.3) is 0 Å². The lowest BCUT2D eigenvalue weighted by atomic mass is 9.93. The van der Waals surface area contributed by atoms with E-state index in [1.54, 1.807) is 6.20 Å². The zero-order chi connectivity index (χ0) is 16.5. The van der Waals surface area contributed by atoms with Gasteiger partial charge in [0.2, 0.25) is 0 Å². The molecule has 3 heterocycles. The van der Waals surface area contributed by atoms with E-state index in [2.05, 4.69) is 49.2 Å². The molecule has 6 nitrogen and oxygen atoms in total. The molecule has 0 aliphatic heterocycles. The van der Waals surface area contributed by atoms with Gasteiger partial charge >= 0.3 is 0 Å². The summed E-state index contributed by atoms with van der Waals surface area (Å²) in [6, 6.07) is 2.62. The van der Waals surface area contributed by atoms with E-state index >= 15 is 0 Å². The highest BCUT2D eigenvalue weighted by Gasteiger charge is 2.37. The average Bonchev–Trinajstić information content (AvgIpc) is 3.31. The lowest BCUT2D eigenvalue weighted by Crippen LogP contribution is -2.20. The first kappa shape index (κ1) is 15.9. The summed E-state index contributed by atoms with van der Waals surface area (Å²) in [5.41, 5.74) is 2.80. The molecule has 0 saturated heterocycles. The minimum absolute atomic E-state index is 0.449. The molecule has 1 fully saturated rings. The fraction of sp³-hybridized carbons (Fsp3) is 0.588. The molecule has 1 saturated carbocycles. The molecular weight excluding hydrogens is 320 g/mol. The van der Waals surface area contributed by atoms with Crippen molar-refractivity contribution >= 4 is 28.8 Å². The van der Waals surface area contributed by atoms with Crippen LogP contribution in [0.5, 0.6) is 0 Å². The molecule has 4 rings (SSSR count). The second kappa shape index (κ2) is 6.72. The predicted octanol–water partition coefficient (Wildman–Crippen LogP) is 3.53. The van der Waals surface area contributed by atoms with Gasteiger partial charge in [-0.15, -0.1) is 10.2 Å². The van der Waals surface area contributed by atoms with E-state index in [0.29, 0.717) is 17.9 Å². The zero-order valence-electron chi connectivity index (χ0n) is 14.2. The van der Waals surface area contributed by atoms with Crippen LogP contribution in [0, 0.1) is 5.92 Å². The highest BCUT2D eigenvalue weighted by atomic mass is 32.2. The molecule has 0 spiro atoms. The van der Waals surface area contributed by atoms with Crippen LogP contribution in [0.2, 0.25) is 0 Å². The Morgan fingerprint density at radius 2 is 2.25 bits per heavy atom. The molecule has 24 heavy (non-hydrogen) atoms. The molecule has 0 aromatic carbocycles. The van der Waals surface area contributed by atoms with Crippen LogP contribution in [0.3, 0.4) is 0 Å². The maximum absolute atomic E-state index is 4.56. The maximum Gasteiger partial charge on any atom is 0.179 e. The van der Waals surface area contributed by atoms with Gasteiger partial charge < -0.3 is 4.98 Å². The molecule has 3 aromatic heterocycles. The van der Waals surface area contributed by atoms with Crippen molar-refractivity contribution in [2.75, 3.05) is 5.75 Å². The van der Waals surface area contributed by atoms with Gasteiger partial charge in [0, 0.05) is 23.9 Å². The van der Waals surface area contributed by atoms with Gasteiger partial charge in [-0.25, -0.2) is 4.98 Å². The largest absolute Gasteiger partial charge is 0.345 e. The number of hydrogen-bond donors (Lipinski definition) is 2. The molecule has 0 bridgehead atoms. The molecule has 1 aliphatic carbocycles. The highest BCUT2D eigenvalue weighted by Crippen LogP contribution is 2.41. The highest BCUT2D eigenvalue weighted by molar-refractivity contribution is 7.97. The van der Waals surface area contributed by atoms with Crippen molar-refractivity contribution in [3.05, 3.63) is 24.3 Å². The first-order chi connectivity index (χ1) is 11.8. The Kier molecular flexibility index (Phi) is 4.45. The second-order valence-corrected chi connectivity index (χ2v) is 7.56. The van der Waals surface area contributed by atoms with Gasteiger partial charge in [0.05, 0.1) is 11.7 Å². The van der Waals surface area contributed by atoms with Crippen LogP contribution < -0.4 is 4.72 Å². The fourth-order valence-electron chi connectivity index (χ4n) is 3.91.